The molecule has 248 valence electrons. The second kappa shape index (κ2) is 14.5. The summed E-state index contributed by atoms with van der Waals surface area (Å²) in [4.78, 5) is 13.1. The minimum absolute atomic E-state index is 0.397. The summed E-state index contributed by atoms with van der Waals surface area (Å²) in [6, 6.07) is 34.2. The van der Waals surface area contributed by atoms with Crippen LogP contribution in [0.25, 0.3) is 0 Å². The summed E-state index contributed by atoms with van der Waals surface area (Å²) < 4.78 is 34.0. The van der Waals surface area contributed by atoms with Crippen molar-refractivity contribution in [3.05, 3.63) is 121 Å². The van der Waals surface area contributed by atoms with Crippen molar-refractivity contribution >= 4 is 53.0 Å². The number of benzene rings is 5. The summed E-state index contributed by atoms with van der Waals surface area (Å²) in [6.07, 6.45) is 0. The summed E-state index contributed by atoms with van der Waals surface area (Å²) in [5, 5.41) is 0. The summed E-state index contributed by atoms with van der Waals surface area (Å²) in [5.74, 6) is 2.14. The van der Waals surface area contributed by atoms with Gasteiger partial charge in [0, 0.05) is 44.8 Å². The molecule has 0 radical (unpaired) electrons. The van der Waals surface area contributed by atoms with E-state index in [0.717, 1.165) is 0 Å². The minimum atomic E-state index is -3.67. The van der Waals surface area contributed by atoms with Crippen LogP contribution in [0.1, 0.15) is 0 Å². The van der Waals surface area contributed by atoms with E-state index in [1.165, 1.54) is 16.3 Å². The molecule has 5 aromatic carbocycles. The van der Waals surface area contributed by atoms with Crippen molar-refractivity contribution in [1.29, 1.82) is 0 Å². The molecular weight excluding hydrogens is 673 g/mol. The maximum Gasteiger partial charge on any atom is 0.392 e. The number of hydrogen-bond acceptors (Lipinski definition) is 14. The van der Waals surface area contributed by atoms with Crippen LogP contribution in [0, 0.1) is 0 Å². The molecule has 1 aliphatic rings. The lowest BCUT2D eigenvalue weighted by Crippen LogP contribution is -2.36. The Kier molecular flexibility index (Phi) is 9.93. The Morgan fingerprint density at radius 1 is 0.500 bits per heavy atom. The first-order chi connectivity index (χ1) is 23.2. The molecule has 3 atom stereocenters. The molecular formula is C31H33N8O6P3. The van der Waals surface area contributed by atoms with E-state index in [1.807, 2.05) is 0 Å². The van der Waals surface area contributed by atoms with Gasteiger partial charge in [-0.2, -0.15) is 0 Å². The highest BCUT2D eigenvalue weighted by Gasteiger charge is 2.56. The average Bonchev–Trinajstić information content (AvgIpc) is 3.09. The largest absolute Gasteiger partial charge is 0.440 e. The normalized spacial score (nSPS) is 19.5. The molecule has 5 aromatic rings. The lowest BCUT2D eigenvalue weighted by atomic mass is 10.3. The van der Waals surface area contributed by atoms with Gasteiger partial charge in [0.05, 0.1) is 0 Å². The maximum absolute atomic E-state index is 6.69. The number of nitrogen functional groups attached to an aromatic ring is 5. The van der Waals surface area contributed by atoms with Crippen molar-refractivity contribution in [2.45, 2.75) is 0 Å². The van der Waals surface area contributed by atoms with Gasteiger partial charge < -0.3 is 56.4 Å². The van der Waals surface area contributed by atoms with Gasteiger partial charge in [0.2, 0.25) is 0 Å². The molecule has 17 heteroatoms. The average molecular weight is 707 g/mol. The molecule has 14 nitrogen and oxygen atoms in total. The second-order valence-electron chi connectivity index (χ2n) is 10.1. The first-order valence-electron chi connectivity index (χ1n) is 14.3. The Labute approximate surface area is 279 Å². The van der Waals surface area contributed by atoms with E-state index in [1.54, 1.807) is 121 Å². The molecule has 48 heavy (non-hydrogen) atoms. The topological polar surface area (TPSA) is 204 Å². The highest BCUT2D eigenvalue weighted by molar-refractivity contribution is 7.78. The fraction of sp³-hybridized carbons (Fsp3) is 0.0323. The van der Waals surface area contributed by atoms with Crippen molar-refractivity contribution in [2.75, 3.05) is 35.8 Å². The molecule has 0 saturated carbocycles. The Balaban J connectivity index is 1.55. The van der Waals surface area contributed by atoms with E-state index in [2.05, 4.69) is 0 Å². The van der Waals surface area contributed by atoms with Crippen molar-refractivity contribution in [1.82, 2.24) is 9.21 Å². The second-order valence-corrected chi connectivity index (χ2v) is 15.8. The molecule has 1 aliphatic heterocycles. The quantitative estimate of drug-likeness (QED) is 0.0658. The van der Waals surface area contributed by atoms with E-state index in [0.29, 0.717) is 57.2 Å². The first kappa shape index (κ1) is 33.0. The van der Waals surface area contributed by atoms with Gasteiger partial charge in [-0.3, -0.25) is 0 Å². The minimum Gasteiger partial charge on any atom is -0.440 e. The van der Waals surface area contributed by atoms with Gasteiger partial charge in [0.15, 0.2) is 0 Å². The zero-order valence-electron chi connectivity index (χ0n) is 25.6. The molecule has 0 saturated heterocycles. The van der Waals surface area contributed by atoms with Crippen LogP contribution in [0.2, 0.25) is 0 Å². The van der Waals surface area contributed by atoms with Crippen LogP contribution in [0.3, 0.4) is 0 Å². The van der Waals surface area contributed by atoms with Crippen molar-refractivity contribution < 1.29 is 27.8 Å². The summed E-state index contributed by atoms with van der Waals surface area (Å²) in [7, 11) is -6.53. The van der Waals surface area contributed by atoms with E-state index >= 15 is 0 Å². The maximum atomic E-state index is 6.69. The summed E-state index contributed by atoms with van der Waals surface area (Å²) in [5.41, 5.74) is 32.7. The lowest BCUT2D eigenvalue weighted by Gasteiger charge is -2.43. The smallest absolute Gasteiger partial charge is 0.392 e. The third-order valence-corrected chi connectivity index (χ3v) is 13.3. The van der Waals surface area contributed by atoms with E-state index in [9.17, 15) is 0 Å². The number of anilines is 5. The van der Waals surface area contributed by atoms with Crippen molar-refractivity contribution in [2.24, 2.45) is 4.52 Å². The van der Waals surface area contributed by atoms with Gasteiger partial charge in [0.25, 0.3) is 0 Å². The van der Waals surface area contributed by atoms with Gasteiger partial charge >= 0.3 is 24.6 Å². The molecule has 3 unspecified atom stereocenters. The number of nitrogens with zero attached hydrogens (tertiary/aromatic N) is 3. The van der Waals surface area contributed by atoms with E-state index in [-0.39, 0.29) is 0 Å². The molecule has 0 spiro atoms. The molecule has 0 fully saturated rings. The summed E-state index contributed by atoms with van der Waals surface area (Å²) >= 11 is 0. The van der Waals surface area contributed by atoms with Crippen LogP contribution in [0.5, 0.6) is 28.7 Å². The van der Waals surface area contributed by atoms with Gasteiger partial charge in [0.1, 0.15) is 28.7 Å². The van der Waals surface area contributed by atoms with Crippen molar-refractivity contribution in [3.8, 4) is 28.7 Å². The van der Waals surface area contributed by atoms with Gasteiger partial charge in [-0.25, -0.2) is 0 Å². The van der Waals surface area contributed by atoms with Crippen LogP contribution in [-0.2, 0) is 4.52 Å². The molecule has 1 heterocycles. The van der Waals surface area contributed by atoms with Gasteiger partial charge in [-0.15, -0.1) is 4.52 Å². The van der Waals surface area contributed by atoms with Crippen LogP contribution >= 0.6 is 24.6 Å². The Morgan fingerprint density at radius 2 is 0.875 bits per heavy atom. The number of nitrogens with two attached hydrogens (primary N) is 5. The lowest BCUT2D eigenvalue weighted by molar-refractivity contribution is 0.0507. The van der Waals surface area contributed by atoms with Gasteiger partial charge in [-0.05, 0) is 121 Å². The zero-order chi connectivity index (χ0) is 33.7. The molecule has 6 rings (SSSR count). The fourth-order valence-electron chi connectivity index (χ4n) is 4.03. The van der Waals surface area contributed by atoms with Crippen LogP contribution in [0.15, 0.2) is 126 Å². The standard InChI is InChI=1S/C31H33N8O6P3/c1-40-48(45-31-20-10-26(36)11-21-31)37-46(43-29-16-6-24(34)7-17-29)38(41-27-12-2-22(32)3-13-27)47(44-30-18-8-25(35)9-19-30)39(48)42-28-14-4-23(33)5-15-28/h2-21H,32-36H2,1H3. The van der Waals surface area contributed by atoms with E-state index in [4.69, 9.17) is 61.0 Å². The highest BCUT2D eigenvalue weighted by atomic mass is 31.3. The molecule has 0 amide bonds. The predicted molar refractivity (Wildman–Crippen MR) is 191 cm³/mol. The Morgan fingerprint density at radius 3 is 1.31 bits per heavy atom. The SMILES string of the molecule is COP1(Oc2ccc(N)cc2)=NP(Oc2ccc(N)cc2)N(Oc2ccc(N)cc2)P(Oc2ccc(N)cc2)N1Oc1ccc(N)cc1. The van der Waals surface area contributed by atoms with Crippen molar-refractivity contribution in [3.63, 3.8) is 0 Å². The van der Waals surface area contributed by atoms with Crippen LogP contribution in [-0.4, -0.2) is 16.3 Å². The summed E-state index contributed by atoms with van der Waals surface area (Å²) in [6.45, 7) is 0. The fourth-order valence-corrected chi connectivity index (χ4v) is 11.5. The first-order valence-corrected chi connectivity index (χ1v) is 18.1. The highest BCUT2D eigenvalue weighted by Crippen LogP contribution is 2.77. The van der Waals surface area contributed by atoms with E-state index < -0.39 is 24.6 Å². The molecule has 0 bridgehead atoms. The predicted octanol–water partition coefficient (Wildman–Crippen LogP) is 7.79. The molecule has 10 N–H and O–H groups in total. The monoisotopic (exact) mass is 706 g/mol. The van der Waals surface area contributed by atoms with Crippen LogP contribution in [0.4, 0.5) is 28.4 Å². The van der Waals surface area contributed by atoms with Crippen LogP contribution < -0.4 is 51.9 Å². The zero-order valence-corrected chi connectivity index (χ0v) is 28.2. The third-order valence-electron chi connectivity index (χ3n) is 6.46. The number of rotatable bonds is 11. The van der Waals surface area contributed by atoms with Gasteiger partial charge in [-0.1, -0.05) is 0 Å². The number of hydrogen-bond donors (Lipinski definition) is 5. The molecule has 0 aromatic heterocycles. The third kappa shape index (κ3) is 7.78. The Hall–Kier alpha value is -4.93. The Bertz CT molecular complexity index is 1870. The molecule has 0 aliphatic carbocycles.